The van der Waals surface area contributed by atoms with E-state index in [4.69, 9.17) is 0 Å². The lowest BCUT2D eigenvalue weighted by atomic mass is 9.91. The van der Waals surface area contributed by atoms with Crippen molar-refractivity contribution in [2.75, 3.05) is 4.90 Å². The minimum Gasteiger partial charge on any atom is -0.331 e. The second kappa shape index (κ2) is 3.22. The first-order valence-corrected chi connectivity index (χ1v) is 5.38. The third-order valence-electron chi connectivity index (χ3n) is 3.20. The van der Waals surface area contributed by atoms with Crippen molar-refractivity contribution in [3.63, 3.8) is 0 Å². The summed E-state index contributed by atoms with van der Waals surface area (Å²) in [6.07, 6.45) is 10.5. The number of nitrogens with zero attached hydrogens (tertiary/aromatic N) is 2. The molecule has 1 saturated carbocycles. The minimum absolute atomic E-state index is 0.256. The fourth-order valence-electron chi connectivity index (χ4n) is 2.13. The number of anilines is 1. The van der Waals surface area contributed by atoms with Crippen molar-refractivity contribution in [1.29, 1.82) is 0 Å². The predicted molar refractivity (Wildman–Crippen MR) is 57.8 cm³/mol. The number of aromatic amines is 1. The first-order chi connectivity index (χ1) is 7.34. The highest BCUT2D eigenvalue weighted by molar-refractivity contribution is 5.53. The van der Waals surface area contributed by atoms with Gasteiger partial charge in [-0.1, -0.05) is 6.08 Å². The van der Waals surface area contributed by atoms with Gasteiger partial charge in [0.1, 0.15) is 5.82 Å². The van der Waals surface area contributed by atoms with E-state index < -0.39 is 0 Å². The molecule has 1 fully saturated rings. The zero-order chi connectivity index (χ0) is 10.3. The topological polar surface area (TPSA) is 49.0 Å². The molecule has 0 bridgehead atoms. The maximum atomic E-state index is 11.2. The Labute approximate surface area is 87.6 Å². The first-order valence-electron chi connectivity index (χ1n) is 5.38. The Morgan fingerprint density at radius 1 is 1.47 bits per heavy atom. The van der Waals surface area contributed by atoms with E-state index in [1.54, 1.807) is 6.20 Å². The van der Waals surface area contributed by atoms with Crippen LogP contribution in [0.25, 0.3) is 0 Å². The van der Waals surface area contributed by atoms with Gasteiger partial charge in [0, 0.05) is 24.0 Å². The lowest BCUT2D eigenvalue weighted by molar-refractivity contribution is 0.405. The van der Waals surface area contributed by atoms with Gasteiger partial charge in [-0.05, 0) is 25.7 Å². The Balaban J connectivity index is 2.04. The van der Waals surface area contributed by atoms with Gasteiger partial charge in [0.2, 0.25) is 0 Å². The lowest BCUT2D eigenvalue weighted by Crippen LogP contribution is -2.39. The largest absolute Gasteiger partial charge is 0.346 e. The molecule has 1 aliphatic heterocycles. The van der Waals surface area contributed by atoms with Crippen LogP contribution in [0.4, 0.5) is 5.82 Å². The van der Waals surface area contributed by atoms with E-state index in [2.05, 4.69) is 27.1 Å². The van der Waals surface area contributed by atoms with Crippen LogP contribution in [0.3, 0.4) is 0 Å². The number of aromatic nitrogens is 2. The number of rotatable bonds is 1. The van der Waals surface area contributed by atoms with Gasteiger partial charge in [-0.3, -0.25) is 4.98 Å². The summed E-state index contributed by atoms with van der Waals surface area (Å²) in [5, 5.41) is 0. The number of hydrogen-bond donors (Lipinski definition) is 1. The number of allylic oxidation sites excluding steroid dienone is 1. The SMILES string of the molecule is O=c1ncc2c([nH]1)N(C1CCC1)C=CC2. The Morgan fingerprint density at radius 2 is 2.33 bits per heavy atom. The van der Waals surface area contributed by atoms with Gasteiger partial charge in [0.15, 0.2) is 0 Å². The highest BCUT2D eigenvalue weighted by Gasteiger charge is 2.27. The van der Waals surface area contributed by atoms with Crippen LogP contribution in [0, 0.1) is 0 Å². The Hall–Kier alpha value is -1.58. The summed E-state index contributed by atoms with van der Waals surface area (Å²) < 4.78 is 0. The summed E-state index contributed by atoms with van der Waals surface area (Å²) in [5.74, 6) is 0.946. The summed E-state index contributed by atoms with van der Waals surface area (Å²) in [5.41, 5.74) is 0.859. The number of fused-ring (bicyclic) bond motifs is 1. The van der Waals surface area contributed by atoms with E-state index in [-0.39, 0.29) is 5.69 Å². The van der Waals surface area contributed by atoms with Gasteiger partial charge >= 0.3 is 5.69 Å². The van der Waals surface area contributed by atoms with Crippen molar-refractivity contribution in [2.45, 2.75) is 31.7 Å². The normalized spacial score (nSPS) is 19.9. The van der Waals surface area contributed by atoms with E-state index in [0.29, 0.717) is 6.04 Å². The molecule has 0 saturated heterocycles. The fourth-order valence-corrected chi connectivity index (χ4v) is 2.13. The zero-order valence-corrected chi connectivity index (χ0v) is 8.44. The van der Waals surface area contributed by atoms with E-state index >= 15 is 0 Å². The van der Waals surface area contributed by atoms with E-state index in [9.17, 15) is 4.79 Å². The summed E-state index contributed by atoms with van der Waals surface area (Å²) in [6.45, 7) is 0. The fraction of sp³-hybridized carbons (Fsp3) is 0.455. The molecule has 3 rings (SSSR count). The average Bonchev–Trinajstić information content (AvgIpc) is 2.16. The van der Waals surface area contributed by atoms with Gasteiger partial charge in [-0.25, -0.2) is 9.78 Å². The van der Waals surface area contributed by atoms with E-state index in [1.807, 2.05) is 0 Å². The Bertz CT molecular complexity index is 459. The van der Waals surface area contributed by atoms with Crippen LogP contribution >= 0.6 is 0 Å². The zero-order valence-electron chi connectivity index (χ0n) is 8.44. The van der Waals surface area contributed by atoms with Crippen LogP contribution in [0.5, 0.6) is 0 Å². The summed E-state index contributed by atoms with van der Waals surface area (Å²) in [6, 6.07) is 0.568. The molecule has 1 N–H and O–H groups in total. The predicted octanol–water partition coefficient (Wildman–Crippen LogP) is 1.20. The maximum absolute atomic E-state index is 11.2. The molecule has 15 heavy (non-hydrogen) atoms. The Morgan fingerprint density at radius 3 is 3.07 bits per heavy atom. The molecule has 0 unspecified atom stereocenters. The molecule has 1 aliphatic carbocycles. The van der Waals surface area contributed by atoms with Crippen molar-refractivity contribution in [3.8, 4) is 0 Å². The second-order valence-corrected chi connectivity index (χ2v) is 4.14. The van der Waals surface area contributed by atoms with Crippen LogP contribution in [0.1, 0.15) is 24.8 Å². The molecule has 0 spiro atoms. The first kappa shape index (κ1) is 8.71. The van der Waals surface area contributed by atoms with Crippen molar-refractivity contribution >= 4 is 5.82 Å². The summed E-state index contributed by atoms with van der Waals surface area (Å²) in [4.78, 5) is 20.0. The molecular weight excluding hydrogens is 190 g/mol. The van der Waals surface area contributed by atoms with Gasteiger partial charge in [0.25, 0.3) is 0 Å². The van der Waals surface area contributed by atoms with Crippen LogP contribution in [-0.4, -0.2) is 16.0 Å². The highest BCUT2D eigenvalue weighted by atomic mass is 16.1. The van der Waals surface area contributed by atoms with Crippen LogP contribution in [0.2, 0.25) is 0 Å². The third kappa shape index (κ3) is 1.37. The molecule has 0 aromatic carbocycles. The van der Waals surface area contributed by atoms with Crippen molar-refractivity contribution < 1.29 is 0 Å². The van der Waals surface area contributed by atoms with Crippen LogP contribution in [-0.2, 0) is 6.42 Å². The quantitative estimate of drug-likeness (QED) is 0.746. The van der Waals surface area contributed by atoms with E-state index in [1.165, 1.54) is 19.3 Å². The van der Waals surface area contributed by atoms with Gasteiger partial charge in [0.05, 0.1) is 0 Å². The maximum Gasteiger partial charge on any atom is 0.346 e. The molecular formula is C11H13N3O. The second-order valence-electron chi connectivity index (χ2n) is 4.14. The molecule has 0 amide bonds. The standard InChI is InChI=1S/C11H13N3O/c15-11-12-7-8-3-2-6-14(10(8)13-11)9-4-1-5-9/h2,6-7,9H,1,3-5H2,(H,12,13,15). The van der Waals surface area contributed by atoms with Crippen molar-refractivity contribution in [1.82, 2.24) is 9.97 Å². The van der Waals surface area contributed by atoms with Crippen LogP contribution in [0.15, 0.2) is 23.3 Å². The van der Waals surface area contributed by atoms with Gasteiger partial charge in [-0.15, -0.1) is 0 Å². The molecule has 78 valence electrons. The van der Waals surface area contributed by atoms with Crippen molar-refractivity contribution in [2.24, 2.45) is 0 Å². The average molecular weight is 203 g/mol. The number of nitrogens with one attached hydrogen (secondary N) is 1. The molecule has 0 atom stereocenters. The molecule has 4 heteroatoms. The molecule has 2 heterocycles. The number of H-pyrrole nitrogens is 1. The summed E-state index contributed by atoms with van der Waals surface area (Å²) in [7, 11) is 0. The molecule has 0 radical (unpaired) electrons. The lowest BCUT2D eigenvalue weighted by Gasteiger charge is -2.38. The van der Waals surface area contributed by atoms with Gasteiger partial charge in [-0.2, -0.15) is 0 Å². The molecule has 1 aromatic rings. The minimum atomic E-state index is -0.256. The molecule has 1 aromatic heterocycles. The highest BCUT2D eigenvalue weighted by Crippen LogP contribution is 2.32. The van der Waals surface area contributed by atoms with Crippen LogP contribution < -0.4 is 10.6 Å². The third-order valence-corrected chi connectivity index (χ3v) is 3.20. The van der Waals surface area contributed by atoms with E-state index in [0.717, 1.165) is 17.8 Å². The molecule has 2 aliphatic rings. The summed E-state index contributed by atoms with van der Waals surface area (Å²) >= 11 is 0. The number of hydrogen-bond acceptors (Lipinski definition) is 3. The monoisotopic (exact) mass is 203 g/mol. The smallest absolute Gasteiger partial charge is 0.331 e. The van der Waals surface area contributed by atoms with Crippen molar-refractivity contribution in [3.05, 3.63) is 34.5 Å². The Kier molecular flexibility index (Phi) is 1.87. The van der Waals surface area contributed by atoms with Gasteiger partial charge < -0.3 is 4.90 Å². The molecule has 4 nitrogen and oxygen atoms in total.